The zero-order valence-corrected chi connectivity index (χ0v) is 7.58. The normalized spacial score (nSPS) is 14.2. The topological polar surface area (TPSA) is 21.8 Å². The summed E-state index contributed by atoms with van der Waals surface area (Å²) in [7, 11) is 1.65. The van der Waals surface area contributed by atoms with Crippen molar-refractivity contribution in [2.24, 2.45) is 0 Å². The summed E-state index contributed by atoms with van der Waals surface area (Å²) in [6.45, 7) is 9.76. The van der Waals surface area contributed by atoms with Crippen LogP contribution in [0.3, 0.4) is 0 Å². The van der Waals surface area contributed by atoms with Crippen LogP contribution in [0.15, 0.2) is 37.0 Å². The van der Waals surface area contributed by atoms with Crippen molar-refractivity contribution < 1.29 is 9.47 Å². The molecule has 0 radical (unpaired) electrons. The first-order chi connectivity index (χ1) is 5.85. The minimum absolute atomic E-state index is 0.607. The van der Waals surface area contributed by atoms with Gasteiger partial charge in [0.2, 0.25) is 0 Å². The molecule has 1 aliphatic heterocycles. The molecular formula is C10H16O2. The van der Waals surface area contributed by atoms with Crippen LogP contribution in [-0.4, -0.2) is 26.9 Å². The Morgan fingerprint density at radius 1 is 1.50 bits per heavy atom. The van der Waals surface area contributed by atoms with E-state index in [9.17, 15) is 0 Å². The largest absolute Gasteiger partial charge is 0.380 e. The lowest BCUT2D eigenvalue weighted by Gasteiger charge is -1.95. The monoisotopic (exact) mass is 168 g/mol. The van der Waals surface area contributed by atoms with Gasteiger partial charge in [0.25, 0.3) is 0 Å². The average Bonchev–Trinajstić information content (AvgIpc) is 2.90. The Balaban J connectivity index is 0.000000330. The van der Waals surface area contributed by atoms with Gasteiger partial charge >= 0.3 is 0 Å². The molecule has 1 rings (SSSR count). The van der Waals surface area contributed by atoms with Gasteiger partial charge in [-0.2, -0.15) is 0 Å². The van der Waals surface area contributed by atoms with E-state index < -0.39 is 0 Å². The molecule has 0 aliphatic carbocycles. The molecule has 0 spiro atoms. The van der Waals surface area contributed by atoms with Crippen LogP contribution in [0.25, 0.3) is 0 Å². The molecule has 12 heavy (non-hydrogen) atoms. The fraction of sp³-hybridized carbons (Fsp3) is 0.400. The molecule has 0 N–H and O–H groups in total. The zero-order valence-electron chi connectivity index (χ0n) is 7.58. The van der Waals surface area contributed by atoms with Crippen molar-refractivity contribution >= 4 is 0 Å². The van der Waals surface area contributed by atoms with Crippen LogP contribution in [0.1, 0.15) is 0 Å². The van der Waals surface area contributed by atoms with E-state index in [1.807, 2.05) is 6.08 Å². The minimum Gasteiger partial charge on any atom is -0.380 e. The van der Waals surface area contributed by atoms with E-state index in [0.29, 0.717) is 6.61 Å². The molecule has 0 aromatic heterocycles. The van der Waals surface area contributed by atoms with Crippen LogP contribution in [-0.2, 0) is 9.47 Å². The van der Waals surface area contributed by atoms with Gasteiger partial charge in [-0.3, -0.25) is 0 Å². The van der Waals surface area contributed by atoms with Crippen molar-refractivity contribution in [3.05, 3.63) is 37.0 Å². The first-order valence-electron chi connectivity index (χ1n) is 3.86. The summed E-state index contributed by atoms with van der Waals surface area (Å²) in [6.07, 6.45) is 5.34. The van der Waals surface area contributed by atoms with Gasteiger partial charge in [0.05, 0.1) is 19.8 Å². The van der Waals surface area contributed by atoms with Gasteiger partial charge in [-0.25, -0.2) is 0 Å². The maximum atomic E-state index is 4.86. The van der Waals surface area contributed by atoms with Gasteiger partial charge in [-0.1, -0.05) is 31.4 Å². The minimum atomic E-state index is 0.607. The Morgan fingerprint density at radius 2 is 2.08 bits per heavy atom. The Bertz CT molecular complexity index is 154. The molecule has 0 unspecified atom stereocenters. The molecule has 68 valence electrons. The molecule has 0 aromatic carbocycles. The van der Waals surface area contributed by atoms with Crippen LogP contribution < -0.4 is 0 Å². The summed E-state index contributed by atoms with van der Waals surface area (Å²) in [4.78, 5) is 0. The summed E-state index contributed by atoms with van der Waals surface area (Å²) in [6, 6.07) is 0. The Kier molecular flexibility index (Phi) is 7.65. The highest BCUT2D eigenvalue weighted by atomic mass is 16.6. The number of methoxy groups -OCH3 is 1. The molecule has 1 saturated heterocycles. The maximum absolute atomic E-state index is 4.86. The van der Waals surface area contributed by atoms with E-state index in [-0.39, 0.29) is 0 Å². The predicted molar refractivity (Wildman–Crippen MR) is 51.2 cm³/mol. The number of allylic oxidation sites excluding steroid dienone is 2. The van der Waals surface area contributed by atoms with Crippen molar-refractivity contribution in [3.8, 4) is 0 Å². The number of hydrogen-bond acceptors (Lipinski definition) is 2. The molecule has 0 atom stereocenters. The lowest BCUT2D eigenvalue weighted by molar-refractivity contribution is 0.228. The maximum Gasteiger partial charge on any atom is 0.0712 e. The fourth-order valence-corrected chi connectivity index (χ4v) is 0.493. The molecule has 1 aliphatic rings. The molecule has 2 heteroatoms. The Labute approximate surface area is 74.2 Å². The third kappa shape index (κ3) is 9.14. The van der Waals surface area contributed by atoms with Crippen LogP contribution in [0, 0.1) is 0 Å². The quantitative estimate of drug-likeness (QED) is 0.472. The number of hydrogen-bond donors (Lipinski definition) is 0. The second kappa shape index (κ2) is 8.24. The molecule has 0 bridgehead atoms. The molecule has 1 heterocycles. The first kappa shape index (κ1) is 11.1. The van der Waals surface area contributed by atoms with Crippen molar-refractivity contribution in [2.75, 3.05) is 26.9 Å². The van der Waals surface area contributed by atoms with Crippen molar-refractivity contribution in [1.29, 1.82) is 0 Å². The summed E-state index contributed by atoms with van der Waals surface area (Å²) < 4.78 is 9.36. The highest BCUT2D eigenvalue weighted by Crippen LogP contribution is 1.94. The number of epoxide rings is 1. The van der Waals surface area contributed by atoms with Gasteiger partial charge in [0.1, 0.15) is 0 Å². The number of rotatable bonds is 4. The van der Waals surface area contributed by atoms with Crippen LogP contribution in [0.2, 0.25) is 0 Å². The molecule has 0 saturated carbocycles. The smallest absolute Gasteiger partial charge is 0.0712 e. The van der Waals surface area contributed by atoms with Crippen molar-refractivity contribution in [1.82, 2.24) is 0 Å². The van der Waals surface area contributed by atoms with E-state index in [1.165, 1.54) is 0 Å². The SMILES string of the molecule is C1CO1.C=C/C=C(\C=C)COC. The molecular weight excluding hydrogens is 152 g/mol. The Morgan fingerprint density at radius 3 is 2.33 bits per heavy atom. The highest BCUT2D eigenvalue weighted by Gasteiger charge is 1.94. The second-order valence-corrected chi connectivity index (χ2v) is 2.23. The van der Waals surface area contributed by atoms with E-state index in [4.69, 9.17) is 4.74 Å². The van der Waals surface area contributed by atoms with Crippen molar-refractivity contribution in [2.45, 2.75) is 0 Å². The van der Waals surface area contributed by atoms with E-state index in [1.54, 1.807) is 19.3 Å². The zero-order chi connectivity index (χ0) is 9.23. The van der Waals surface area contributed by atoms with Gasteiger partial charge < -0.3 is 9.47 Å². The van der Waals surface area contributed by atoms with E-state index >= 15 is 0 Å². The Hall–Kier alpha value is -0.860. The summed E-state index contributed by atoms with van der Waals surface area (Å²) >= 11 is 0. The first-order valence-corrected chi connectivity index (χ1v) is 3.86. The number of ether oxygens (including phenoxy) is 2. The summed E-state index contributed by atoms with van der Waals surface area (Å²) in [5.41, 5.74) is 1.05. The molecule has 1 fully saturated rings. The van der Waals surface area contributed by atoms with Gasteiger partial charge in [-0.05, 0) is 5.57 Å². The van der Waals surface area contributed by atoms with E-state index in [2.05, 4.69) is 17.9 Å². The standard InChI is InChI=1S/C8H12O.C2H4O/c1-4-6-8(5-2)7-9-3;1-2-3-1/h4-6H,1-2,7H2,3H3;1-2H2/b8-6+;. The molecule has 0 aromatic rings. The lowest BCUT2D eigenvalue weighted by Crippen LogP contribution is -1.89. The molecule has 0 amide bonds. The average molecular weight is 168 g/mol. The van der Waals surface area contributed by atoms with Crippen LogP contribution in [0.5, 0.6) is 0 Å². The van der Waals surface area contributed by atoms with Gasteiger partial charge in [-0.15, -0.1) is 0 Å². The molecule has 2 nitrogen and oxygen atoms in total. The summed E-state index contributed by atoms with van der Waals surface area (Å²) in [5.74, 6) is 0. The summed E-state index contributed by atoms with van der Waals surface area (Å²) in [5, 5.41) is 0. The van der Waals surface area contributed by atoms with Gasteiger partial charge in [0.15, 0.2) is 0 Å². The highest BCUT2D eigenvalue weighted by molar-refractivity contribution is 5.21. The van der Waals surface area contributed by atoms with Crippen molar-refractivity contribution in [3.63, 3.8) is 0 Å². The van der Waals surface area contributed by atoms with Crippen LogP contribution >= 0.6 is 0 Å². The van der Waals surface area contributed by atoms with Gasteiger partial charge in [0, 0.05) is 7.11 Å². The third-order valence-electron chi connectivity index (χ3n) is 1.11. The lowest BCUT2D eigenvalue weighted by atomic mass is 10.2. The second-order valence-electron chi connectivity index (χ2n) is 2.23. The van der Waals surface area contributed by atoms with E-state index in [0.717, 1.165) is 18.8 Å². The predicted octanol–water partition coefficient (Wildman–Crippen LogP) is 1.95. The van der Waals surface area contributed by atoms with Crippen LogP contribution in [0.4, 0.5) is 0 Å². The third-order valence-corrected chi connectivity index (χ3v) is 1.11. The fourth-order valence-electron chi connectivity index (χ4n) is 0.493.